The van der Waals surface area contributed by atoms with E-state index in [0.29, 0.717) is 26.0 Å². The number of para-hydroxylation sites is 1. The van der Waals surface area contributed by atoms with Gasteiger partial charge in [0.2, 0.25) is 5.91 Å². The average molecular weight is 260 g/mol. The molecule has 0 saturated carbocycles. The number of amides is 1. The summed E-state index contributed by atoms with van der Waals surface area (Å²) in [5, 5.41) is 11.9. The number of rotatable bonds is 7. The Balaban J connectivity index is 2.37. The van der Waals surface area contributed by atoms with Gasteiger partial charge in [0, 0.05) is 0 Å². The summed E-state index contributed by atoms with van der Waals surface area (Å²) in [4.78, 5) is 12.0. The lowest BCUT2D eigenvalue weighted by molar-refractivity contribution is -0.128. The van der Waals surface area contributed by atoms with Crippen LogP contribution in [-0.2, 0) is 4.79 Å². The van der Waals surface area contributed by atoms with Crippen molar-refractivity contribution in [3.63, 3.8) is 0 Å². The number of nitriles is 1. The predicted octanol–water partition coefficient (Wildman–Crippen LogP) is 2.51. The van der Waals surface area contributed by atoms with Gasteiger partial charge in [-0.3, -0.25) is 4.79 Å². The predicted molar refractivity (Wildman–Crippen MR) is 73.6 cm³/mol. The van der Waals surface area contributed by atoms with E-state index in [1.54, 1.807) is 0 Å². The van der Waals surface area contributed by atoms with Gasteiger partial charge in [-0.05, 0) is 25.0 Å². The number of nitrogens with one attached hydrogen (secondary N) is 1. The van der Waals surface area contributed by atoms with Crippen molar-refractivity contribution in [2.24, 2.45) is 5.41 Å². The van der Waals surface area contributed by atoms with Crippen LogP contribution in [-0.4, -0.2) is 19.1 Å². The van der Waals surface area contributed by atoms with Gasteiger partial charge in [-0.2, -0.15) is 5.26 Å². The van der Waals surface area contributed by atoms with Crippen molar-refractivity contribution in [2.45, 2.75) is 26.7 Å². The van der Waals surface area contributed by atoms with E-state index in [1.807, 2.05) is 44.2 Å². The Bertz CT molecular complexity index is 433. The molecule has 0 aliphatic rings. The second kappa shape index (κ2) is 7.42. The summed E-state index contributed by atoms with van der Waals surface area (Å²) in [6, 6.07) is 11.5. The van der Waals surface area contributed by atoms with Gasteiger partial charge in [0.25, 0.3) is 0 Å². The molecule has 102 valence electrons. The first-order chi connectivity index (χ1) is 9.18. The number of carbonyl (C=O) groups excluding carboxylic acids is 1. The van der Waals surface area contributed by atoms with Crippen molar-refractivity contribution in [2.75, 3.05) is 13.2 Å². The number of carbonyl (C=O) groups is 1. The Kier molecular flexibility index (Phi) is 5.87. The fourth-order valence-electron chi connectivity index (χ4n) is 1.80. The quantitative estimate of drug-likeness (QED) is 0.766. The Morgan fingerprint density at radius 1 is 1.32 bits per heavy atom. The van der Waals surface area contributed by atoms with Crippen LogP contribution in [0.4, 0.5) is 0 Å². The topological polar surface area (TPSA) is 62.1 Å². The van der Waals surface area contributed by atoms with Gasteiger partial charge in [-0.15, -0.1) is 0 Å². The first-order valence-electron chi connectivity index (χ1n) is 6.56. The molecule has 0 aliphatic carbocycles. The third kappa shape index (κ3) is 3.99. The fraction of sp³-hybridized carbons (Fsp3) is 0.467. The monoisotopic (exact) mass is 260 g/mol. The van der Waals surface area contributed by atoms with Crippen LogP contribution in [0.2, 0.25) is 0 Å². The molecule has 0 unspecified atom stereocenters. The number of ether oxygens (including phenoxy) is 1. The lowest BCUT2D eigenvalue weighted by Gasteiger charge is -2.22. The van der Waals surface area contributed by atoms with Gasteiger partial charge in [-0.25, -0.2) is 0 Å². The molecule has 1 aromatic carbocycles. The van der Waals surface area contributed by atoms with E-state index >= 15 is 0 Å². The molecule has 0 spiro atoms. The molecule has 0 bridgehead atoms. The molecule has 1 aromatic rings. The fourth-order valence-corrected chi connectivity index (χ4v) is 1.80. The van der Waals surface area contributed by atoms with Crippen LogP contribution in [0.1, 0.15) is 26.7 Å². The van der Waals surface area contributed by atoms with Crippen molar-refractivity contribution in [1.82, 2.24) is 5.32 Å². The molecule has 0 atom stereocenters. The van der Waals surface area contributed by atoms with Crippen LogP contribution < -0.4 is 10.1 Å². The second-order valence-corrected chi connectivity index (χ2v) is 4.32. The minimum atomic E-state index is -0.910. The summed E-state index contributed by atoms with van der Waals surface area (Å²) in [6.07, 6.45) is 1.04. The van der Waals surface area contributed by atoms with E-state index in [4.69, 9.17) is 10.00 Å². The zero-order chi connectivity index (χ0) is 14.1. The minimum absolute atomic E-state index is 0.211. The molecule has 1 N–H and O–H groups in total. The molecule has 0 heterocycles. The molecule has 19 heavy (non-hydrogen) atoms. The molecule has 0 fully saturated rings. The first-order valence-corrected chi connectivity index (χ1v) is 6.56. The highest BCUT2D eigenvalue weighted by atomic mass is 16.5. The largest absolute Gasteiger partial charge is 0.492 e. The van der Waals surface area contributed by atoms with E-state index < -0.39 is 5.41 Å². The van der Waals surface area contributed by atoms with Gasteiger partial charge in [0.15, 0.2) is 0 Å². The molecule has 1 amide bonds. The van der Waals surface area contributed by atoms with Crippen molar-refractivity contribution in [3.05, 3.63) is 30.3 Å². The highest BCUT2D eigenvalue weighted by molar-refractivity contribution is 5.85. The Morgan fingerprint density at radius 2 is 1.95 bits per heavy atom. The second-order valence-electron chi connectivity index (χ2n) is 4.32. The van der Waals surface area contributed by atoms with Crippen LogP contribution in [0.25, 0.3) is 0 Å². The maximum absolute atomic E-state index is 12.0. The SMILES string of the molecule is CCC(C#N)(CC)C(=O)NCCOc1ccccc1. The van der Waals surface area contributed by atoms with Gasteiger partial charge in [0.05, 0.1) is 12.6 Å². The minimum Gasteiger partial charge on any atom is -0.492 e. The smallest absolute Gasteiger partial charge is 0.240 e. The molecule has 4 heteroatoms. The van der Waals surface area contributed by atoms with Crippen molar-refractivity contribution in [1.29, 1.82) is 5.26 Å². The van der Waals surface area contributed by atoms with Crippen molar-refractivity contribution < 1.29 is 9.53 Å². The molecule has 1 rings (SSSR count). The van der Waals surface area contributed by atoms with Crippen LogP contribution in [0.3, 0.4) is 0 Å². The van der Waals surface area contributed by atoms with Gasteiger partial charge < -0.3 is 10.1 Å². The molecule has 0 aliphatic heterocycles. The van der Waals surface area contributed by atoms with E-state index in [0.717, 1.165) is 5.75 Å². The molecule has 0 saturated heterocycles. The maximum Gasteiger partial charge on any atom is 0.240 e. The zero-order valence-corrected chi connectivity index (χ0v) is 11.5. The summed E-state index contributed by atoms with van der Waals surface area (Å²) in [5.74, 6) is 0.561. The number of benzene rings is 1. The maximum atomic E-state index is 12.0. The van der Waals surface area contributed by atoms with Gasteiger partial charge >= 0.3 is 0 Å². The van der Waals surface area contributed by atoms with E-state index in [-0.39, 0.29) is 5.91 Å². The number of hydrogen-bond donors (Lipinski definition) is 1. The summed E-state index contributed by atoms with van der Waals surface area (Å²) >= 11 is 0. The Morgan fingerprint density at radius 3 is 2.47 bits per heavy atom. The third-order valence-electron chi connectivity index (χ3n) is 3.26. The first kappa shape index (κ1) is 15.0. The van der Waals surface area contributed by atoms with Gasteiger partial charge in [0.1, 0.15) is 17.8 Å². The normalized spacial score (nSPS) is 10.6. The molecular formula is C15H20N2O2. The summed E-state index contributed by atoms with van der Waals surface area (Å²) in [6.45, 7) is 4.50. The van der Waals surface area contributed by atoms with Gasteiger partial charge in [-0.1, -0.05) is 32.0 Å². The number of nitrogens with zero attached hydrogens (tertiary/aromatic N) is 1. The summed E-state index contributed by atoms with van der Waals surface area (Å²) in [7, 11) is 0. The van der Waals surface area contributed by atoms with E-state index in [1.165, 1.54) is 0 Å². The Labute approximate surface area is 114 Å². The van der Waals surface area contributed by atoms with Crippen molar-refractivity contribution >= 4 is 5.91 Å². The molecular weight excluding hydrogens is 240 g/mol. The van der Waals surface area contributed by atoms with Crippen LogP contribution in [0.15, 0.2) is 30.3 Å². The van der Waals surface area contributed by atoms with Crippen LogP contribution >= 0.6 is 0 Å². The third-order valence-corrected chi connectivity index (χ3v) is 3.26. The number of hydrogen-bond acceptors (Lipinski definition) is 3. The zero-order valence-electron chi connectivity index (χ0n) is 11.5. The van der Waals surface area contributed by atoms with Crippen molar-refractivity contribution in [3.8, 4) is 11.8 Å². The Hall–Kier alpha value is -2.02. The highest BCUT2D eigenvalue weighted by Crippen LogP contribution is 2.25. The summed E-state index contributed by atoms with van der Waals surface area (Å²) in [5.41, 5.74) is -0.910. The highest BCUT2D eigenvalue weighted by Gasteiger charge is 2.34. The lowest BCUT2D eigenvalue weighted by Crippen LogP contribution is -2.41. The molecule has 0 radical (unpaired) electrons. The standard InChI is InChI=1S/C15H20N2O2/c1-3-15(4-2,12-16)14(18)17-10-11-19-13-8-6-5-7-9-13/h5-9H,3-4,10-11H2,1-2H3,(H,17,18). The lowest BCUT2D eigenvalue weighted by atomic mass is 9.83. The van der Waals surface area contributed by atoms with Crippen LogP contribution in [0.5, 0.6) is 5.75 Å². The molecule has 0 aromatic heterocycles. The van der Waals surface area contributed by atoms with E-state index in [2.05, 4.69) is 11.4 Å². The van der Waals surface area contributed by atoms with Crippen LogP contribution in [0, 0.1) is 16.7 Å². The average Bonchev–Trinajstić information content (AvgIpc) is 2.47. The molecule has 4 nitrogen and oxygen atoms in total. The summed E-state index contributed by atoms with van der Waals surface area (Å²) < 4.78 is 5.47. The van der Waals surface area contributed by atoms with E-state index in [9.17, 15) is 4.79 Å².